The lowest BCUT2D eigenvalue weighted by Gasteiger charge is -2.18. The van der Waals surface area contributed by atoms with Crippen LogP contribution in [0.3, 0.4) is 0 Å². The summed E-state index contributed by atoms with van der Waals surface area (Å²) in [6.45, 7) is 7.06. The number of nitrogens with zero attached hydrogens (tertiary/aromatic N) is 6. The molecule has 0 unspecified atom stereocenters. The van der Waals surface area contributed by atoms with Crippen molar-refractivity contribution in [2.24, 2.45) is 0 Å². The number of carboxylic acids is 1. The van der Waals surface area contributed by atoms with Gasteiger partial charge in [0.1, 0.15) is 18.5 Å². The number of imidazole rings is 1. The van der Waals surface area contributed by atoms with Crippen molar-refractivity contribution in [1.82, 2.24) is 29.2 Å². The molecule has 0 atom stereocenters. The minimum absolute atomic E-state index is 0.733. The van der Waals surface area contributed by atoms with Gasteiger partial charge in [-0.1, -0.05) is 0 Å². The third-order valence-electron chi connectivity index (χ3n) is 4.52. The van der Waals surface area contributed by atoms with Crippen LogP contribution in [0.4, 0.5) is 13.2 Å². The Morgan fingerprint density at radius 3 is 2.60 bits per heavy atom. The van der Waals surface area contributed by atoms with Gasteiger partial charge in [0.15, 0.2) is 0 Å². The Labute approximate surface area is 174 Å². The van der Waals surface area contributed by atoms with Crippen molar-refractivity contribution in [1.29, 1.82) is 0 Å². The van der Waals surface area contributed by atoms with E-state index in [0.717, 1.165) is 39.1 Å². The van der Waals surface area contributed by atoms with E-state index in [1.807, 2.05) is 22.2 Å². The van der Waals surface area contributed by atoms with E-state index in [2.05, 4.69) is 43.6 Å². The van der Waals surface area contributed by atoms with Gasteiger partial charge in [0, 0.05) is 42.4 Å². The summed E-state index contributed by atoms with van der Waals surface area (Å²) in [6, 6.07) is 4.46. The van der Waals surface area contributed by atoms with Crippen LogP contribution in [0.1, 0.15) is 21.3 Å². The lowest BCUT2D eigenvalue weighted by atomic mass is 10.3. The van der Waals surface area contributed by atoms with Crippen molar-refractivity contribution in [2.45, 2.75) is 39.2 Å². The number of hydrogen-bond acceptors (Lipinski definition) is 6. The van der Waals surface area contributed by atoms with Gasteiger partial charge in [0.2, 0.25) is 0 Å². The molecule has 12 heteroatoms. The van der Waals surface area contributed by atoms with Gasteiger partial charge in [0.05, 0.1) is 18.4 Å². The number of rotatable bonds is 4. The van der Waals surface area contributed by atoms with Crippen molar-refractivity contribution in [2.75, 3.05) is 13.1 Å². The summed E-state index contributed by atoms with van der Waals surface area (Å²) < 4.78 is 35.9. The zero-order valence-electron chi connectivity index (χ0n) is 16.2. The third kappa shape index (κ3) is 5.89. The first kappa shape index (κ1) is 22.0. The number of hydrogen-bond donors (Lipinski definition) is 1. The van der Waals surface area contributed by atoms with E-state index in [9.17, 15) is 13.2 Å². The maximum absolute atomic E-state index is 10.6. The molecule has 4 heterocycles. The predicted octanol–water partition coefficient (Wildman–Crippen LogP) is 2.58. The normalized spacial score (nSPS) is 14.5. The number of aryl methyl sites for hydroxylation is 1. The number of fused-ring (bicyclic) bond motifs is 1. The smallest absolute Gasteiger partial charge is 0.475 e. The van der Waals surface area contributed by atoms with Crippen molar-refractivity contribution in [3.63, 3.8) is 0 Å². The summed E-state index contributed by atoms with van der Waals surface area (Å²) in [5, 5.41) is 11.3. The molecule has 3 aromatic rings. The molecular formula is C18H21F3N6O2S. The number of carbonyl (C=O) groups is 1. The highest BCUT2D eigenvalue weighted by Crippen LogP contribution is 2.19. The molecule has 0 aliphatic carbocycles. The number of alkyl halides is 3. The van der Waals surface area contributed by atoms with Gasteiger partial charge in [-0.2, -0.15) is 18.3 Å². The predicted molar refractivity (Wildman–Crippen MR) is 103 cm³/mol. The number of aliphatic carboxylic acids is 1. The molecule has 0 saturated heterocycles. The first-order chi connectivity index (χ1) is 14.2. The van der Waals surface area contributed by atoms with Gasteiger partial charge in [-0.05, 0) is 19.1 Å². The molecule has 0 bridgehead atoms. The van der Waals surface area contributed by atoms with Crippen molar-refractivity contribution < 1.29 is 23.1 Å². The second-order valence-corrected chi connectivity index (χ2v) is 8.12. The zero-order chi connectivity index (χ0) is 21.7. The van der Waals surface area contributed by atoms with E-state index in [4.69, 9.17) is 9.90 Å². The Morgan fingerprint density at radius 1 is 1.23 bits per heavy atom. The summed E-state index contributed by atoms with van der Waals surface area (Å²) in [7, 11) is 0. The Bertz CT molecular complexity index is 967. The molecule has 162 valence electrons. The number of thiophene rings is 1. The van der Waals surface area contributed by atoms with Crippen LogP contribution in [0.2, 0.25) is 0 Å². The Hall–Kier alpha value is -2.73. The summed E-state index contributed by atoms with van der Waals surface area (Å²) in [5.74, 6) is -1.57. The highest BCUT2D eigenvalue weighted by atomic mass is 32.1. The molecule has 0 fully saturated rings. The van der Waals surface area contributed by atoms with Crippen LogP contribution < -0.4 is 0 Å². The second-order valence-electron chi connectivity index (χ2n) is 6.75. The first-order valence-electron chi connectivity index (χ1n) is 9.16. The topological polar surface area (TPSA) is 89.1 Å². The van der Waals surface area contributed by atoms with E-state index in [1.165, 1.54) is 21.3 Å². The van der Waals surface area contributed by atoms with E-state index in [1.54, 1.807) is 12.7 Å². The van der Waals surface area contributed by atoms with E-state index in [-0.39, 0.29) is 0 Å². The summed E-state index contributed by atoms with van der Waals surface area (Å²) in [5.41, 5.74) is 1.21. The minimum Gasteiger partial charge on any atom is -0.475 e. The van der Waals surface area contributed by atoms with Gasteiger partial charge in [-0.15, -0.1) is 11.3 Å². The molecule has 0 aromatic carbocycles. The fourth-order valence-corrected chi connectivity index (χ4v) is 4.03. The van der Waals surface area contributed by atoms with Gasteiger partial charge < -0.3 is 9.67 Å². The molecule has 30 heavy (non-hydrogen) atoms. The van der Waals surface area contributed by atoms with Crippen molar-refractivity contribution in [3.05, 3.63) is 52.3 Å². The maximum Gasteiger partial charge on any atom is 0.490 e. The zero-order valence-corrected chi connectivity index (χ0v) is 17.0. The molecule has 0 saturated carbocycles. The van der Waals surface area contributed by atoms with Gasteiger partial charge in [-0.25, -0.2) is 19.4 Å². The number of halogens is 3. The standard InChI is InChI=1S/C16H20N6S.C2HF3O2/c1-13-2-3-15(23-13)10-20-5-4-16-18-8-14(22(16)7-6-20)9-21-12-17-11-19-21;3-2(4,5)1(6)7/h2-3,8,11-12H,4-7,9-10H2,1H3;(H,6,7). The average molecular weight is 442 g/mol. The SMILES string of the molecule is Cc1ccc(CN2CCc3ncc(Cn4cncn4)n3CC2)s1.O=C(O)C(F)(F)F. The number of carboxylic acid groups (broad SMARTS) is 1. The molecule has 1 aliphatic heterocycles. The van der Waals surface area contributed by atoms with Gasteiger partial charge in [0.25, 0.3) is 0 Å². The maximum atomic E-state index is 10.6. The fraction of sp³-hybridized carbons (Fsp3) is 0.444. The van der Waals surface area contributed by atoms with Gasteiger partial charge >= 0.3 is 12.1 Å². The van der Waals surface area contributed by atoms with E-state index >= 15 is 0 Å². The number of aromatic nitrogens is 5. The van der Waals surface area contributed by atoms with Crippen LogP contribution >= 0.6 is 11.3 Å². The van der Waals surface area contributed by atoms with Crippen molar-refractivity contribution >= 4 is 17.3 Å². The summed E-state index contributed by atoms with van der Waals surface area (Å²) in [4.78, 5) is 22.9. The average Bonchev–Trinajstić information content (AvgIpc) is 3.38. The molecule has 1 N–H and O–H groups in total. The highest BCUT2D eigenvalue weighted by molar-refractivity contribution is 7.11. The quantitative estimate of drug-likeness (QED) is 0.668. The van der Waals surface area contributed by atoms with Crippen molar-refractivity contribution in [3.8, 4) is 0 Å². The van der Waals surface area contributed by atoms with E-state index < -0.39 is 12.1 Å². The molecule has 0 radical (unpaired) electrons. The first-order valence-corrected chi connectivity index (χ1v) is 9.97. The summed E-state index contributed by atoms with van der Waals surface area (Å²) in [6.07, 6.45) is 1.23. The molecule has 0 amide bonds. The van der Waals surface area contributed by atoms with Crippen LogP contribution in [0.15, 0.2) is 31.0 Å². The third-order valence-corrected chi connectivity index (χ3v) is 5.51. The largest absolute Gasteiger partial charge is 0.490 e. The Kier molecular flexibility index (Phi) is 6.87. The van der Waals surface area contributed by atoms with E-state index in [0.29, 0.717) is 0 Å². The minimum atomic E-state index is -5.08. The Morgan fingerprint density at radius 2 is 2.00 bits per heavy atom. The van der Waals surface area contributed by atoms with Gasteiger partial charge in [-0.3, -0.25) is 4.90 Å². The molecule has 8 nitrogen and oxygen atoms in total. The second kappa shape index (κ2) is 9.39. The molecule has 3 aromatic heterocycles. The monoisotopic (exact) mass is 442 g/mol. The van der Waals surface area contributed by atoms with Crippen LogP contribution in [0.25, 0.3) is 0 Å². The fourth-order valence-electron chi connectivity index (χ4n) is 3.09. The lowest BCUT2D eigenvalue weighted by Crippen LogP contribution is -2.26. The molecule has 1 aliphatic rings. The Balaban J connectivity index is 0.000000318. The lowest BCUT2D eigenvalue weighted by molar-refractivity contribution is -0.192. The van der Waals surface area contributed by atoms with Crippen LogP contribution in [0, 0.1) is 6.92 Å². The van der Waals surface area contributed by atoms with Crippen LogP contribution in [0.5, 0.6) is 0 Å². The molecule has 0 spiro atoms. The summed E-state index contributed by atoms with van der Waals surface area (Å²) >= 11 is 1.90. The molecule has 4 rings (SSSR count). The highest BCUT2D eigenvalue weighted by Gasteiger charge is 2.38. The van der Waals surface area contributed by atoms with Crippen LogP contribution in [-0.4, -0.2) is 59.6 Å². The van der Waals surface area contributed by atoms with Crippen LogP contribution in [-0.2, 0) is 30.8 Å². The molecular weight excluding hydrogens is 421 g/mol.